The predicted molar refractivity (Wildman–Crippen MR) is 59.4 cm³/mol. The van der Waals surface area contributed by atoms with E-state index in [1.54, 1.807) is 0 Å². The topological polar surface area (TPSA) is 87.6 Å². The molecule has 0 aromatic carbocycles. The van der Waals surface area contributed by atoms with Crippen molar-refractivity contribution in [2.45, 2.75) is 5.03 Å². The van der Waals surface area contributed by atoms with Gasteiger partial charge in [-0.15, -0.1) is 0 Å². The Morgan fingerprint density at radius 2 is 2.19 bits per heavy atom. The van der Waals surface area contributed by atoms with Crippen molar-refractivity contribution in [2.24, 2.45) is 0 Å². The third-order valence-corrected chi connectivity index (χ3v) is 3.92. The maximum Gasteiger partial charge on any atom is 0.318 e. The molecule has 0 atom stereocenters. The quantitative estimate of drug-likeness (QED) is 0.877. The third-order valence-electron chi connectivity index (χ3n) is 1.73. The zero-order chi connectivity index (χ0) is 12.3. The summed E-state index contributed by atoms with van der Waals surface area (Å²) in [4.78, 5) is 14.1. The zero-order valence-electron chi connectivity index (χ0n) is 8.29. The minimum atomic E-state index is -3.83. The van der Waals surface area contributed by atoms with Crippen LogP contribution in [0.2, 0.25) is 0 Å². The number of carbonyl (C=O) groups is 1. The van der Waals surface area contributed by atoms with Crippen LogP contribution in [0.25, 0.3) is 0 Å². The summed E-state index contributed by atoms with van der Waals surface area (Å²) in [7, 11) is -2.64. The lowest BCUT2D eigenvalue weighted by Crippen LogP contribution is -2.32. The molecule has 0 saturated carbocycles. The SMILES string of the molecule is CN(CC(=O)O)S(=O)(=O)c1ccc(Br)cn1. The number of nitrogens with zero attached hydrogens (tertiary/aromatic N) is 2. The summed E-state index contributed by atoms with van der Waals surface area (Å²) in [6.07, 6.45) is 1.33. The molecule has 1 aromatic heterocycles. The van der Waals surface area contributed by atoms with E-state index in [4.69, 9.17) is 5.11 Å². The number of rotatable bonds is 4. The van der Waals surface area contributed by atoms with Gasteiger partial charge >= 0.3 is 5.97 Å². The Morgan fingerprint density at radius 1 is 1.56 bits per heavy atom. The van der Waals surface area contributed by atoms with E-state index in [2.05, 4.69) is 20.9 Å². The van der Waals surface area contributed by atoms with Crippen LogP contribution in [-0.2, 0) is 14.8 Å². The monoisotopic (exact) mass is 308 g/mol. The first-order chi connectivity index (χ1) is 7.34. The second-order valence-electron chi connectivity index (χ2n) is 2.97. The van der Waals surface area contributed by atoms with Gasteiger partial charge in [-0.05, 0) is 28.1 Å². The van der Waals surface area contributed by atoms with Crippen LogP contribution in [0.4, 0.5) is 0 Å². The Kier molecular flexibility index (Phi) is 4.00. The molecule has 0 bridgehead atoms. The number of aromatic nitrogens is 1. The molecule has 0 fully saturated rings. The normalized spacial score (nSPS) is 11.7. The average molecular weight is 309 g/mol. The molecule has 0 aliphatic carbocycles. The number of pyridine rings is 1. The lowest BCUT2D eigenvalue weighted by atomic mass is 10.5. The van der Waals surface area contributed by atoms with Crippen molar-refractivity contribution in [2.75, 3.05) is 13.6 Å². The predicted octanol–water partition coefficient (Wildman–Crippen LogP) is 0.549. The molecule has 1 rings (SSSR count). The maximum absolute atomic E-state index is 11.8. The number of halogens is 1. The first-order valence-corrected chi connectivity index (χ1v) is 6.37. The molecular formula is C8H9BrN2O4S. The summed E-state index contributed by atoms with van der Waals surface area (Å²) in [6.45, 7) is -0.597. The Balaban J connectivity index is 3.02. The number of hydrogen-bond donors (Lipinski definition) is 1. The van der Waals surface area contributed by atoms with Gasteiger partial charge in [-0.3, -0.25) is 4.79 Å². The van der Waals surface area contributed by atoms with Crippen molar-refractivity contribution in [1.29, 1.82) is 0 Å². The van der Waals surface area contributed by atoms with Gasteiger partial charge < -0.3 is 5.11 Å². The van der Waals surface area contributed by atoms with E-state index in [0.717, 1.165) is 4.31 Å². The van der Waals surface area contributed by atoms with Gasteiger partial charge in [0.2, 0.25) is 0 Å². The van der Waals surface area contributed by atoms with Crippen molar-refractivity contribution in [1.82, 2.24) is 9.29 Å². The Morgan fingerprint density at radius 3 is 2.62 bits per heavy atom. The Labute approximate surface area is 101 Å². The van der Waals surface area contributed by atoms with Gasteiger partial charge in [0, 0.05) is 17.7 Å². The van der Waals surface area contributed by atoms with E-state index in [1.807, 2.05) is 0 Å². The van der Waals surface area contributed by atoms with E-state index in [9.17, 15) is 13.2 Å². The maximum atomic E-state index is 11.8. The number of sulfonamides is 1. The first-order valence-electron chi connectivity index (χ1n) is 4.13. The molecule has 8 heteroatoms. The molecule has 1 aromatic rings. The highest BCUT2D eigenvalue weighted by molar-refractivity contribution is 9.10. The molecule has 0 aliphatic heterocycles. The first kappa shape index (κ1) is 13.1. The van der Waals surface area contributed by atoms with Crippen LogP contribution in [-0.4, -0.2) is 42.4 Å². The molecule has 0 aliphatic rings. The number of likely N-dealkylation sites (N-methyl/N-ethyl adjacent to an activating group) is 1. The highest BCUT2D eigenvalue weighted by Gasteiger charge is 2.23. The standard InChI is InChI=1S/C8H9BrN2O4S/c1-11(5-8(12)13)16(14,15)7-3-2-6(9)4-10-7/h2-4H,5H2,1H3,(H,12,13). The largest absolute Gasteiger partial charge is 0.480 e. The van der Waals surface area contributed by atoms with Crippen LogP contribution >= 0.6 is 15.9 Å². The number of aliphatic carboxylic acids is 1. The van der Waals surface area contributed by atoms with Crippen molar-refractivity contribution in [3.63, 3.8) is 0 Å². The van der Waals surface area contributed by atoms with Crippen molar-refractivity contribution in [3.8, 4) is 0 Å². The van der Waals surface area contributed by atoms with E-state index in [0.29, 0.717) is 4.47 Å². The molecule has 0 saturated heterocycles. The fourth-order valence-electron chi connectivity index (χ4n) is 0.950. The zero-order valence-corrected chi connectivity index (χ0v) is 10.7. The van der Waals surface area contributed by atoms with Gasteiger partial charge in [0.05, 0.1) is 0 Å². The molecule has 0 spiro atoms. The van der Waals surface area contributed by atoms with Crippen LogP contribution in [0.5, 0.6) is 0 Å². The number of hydrogen-bond acceptors (Lipinski definition) is 4. The minimum Gasteiger partial charge on any atom is -0.480 e. The fraction of sp³-hybridized carbons (Fsp3) is 0.250. The van der Waals surface area contributed by atoms with Crippen molar-refractivity contribution >= 4 is 31.9 Å². The van der Waals surface area contributed by atoms with E-state index in [-0.39, 0.29) is 5.03 Å². The summed E-state index contributed by atoms with van der Waals surface area (Å²) in [5, 5.41) is 8.32. The Hall–Kier alpha value is -0.990. The highest BCUT2D eigenvalue weighted by Crippen LogP contribution is 2.14. The van der Waals surface area contributed by atoms with Gasteiger partial charge in [-0.2, -0.15) is 4.31 Å². The van der Waals surface area contributed by atoms with Gasteiger partial charge in [0.25, 0.3) is 10.0 Å². The van der Waals surface area contributed by atoms with Gasteiger partial charge in [-0.25, -0.2) is 13.4 Å². The summed E-state index contributed by atoms with van der Waals surface area (Å²) < 4.78 is 24.9. The Bertz CT molecular complexity index is 485. The molecule has 88 valence electrons. The average Bonchev–Trinajstić information content (AvgIpc) is 2.17. The lowest BCUT2D eigenvalue weighted by Gasteiger charge is -2.13. The fourth-order valence-corrected chi connectivity index (χ4v) is 2.21. The summed E-state index contributed by atoms with van der Waals surface area (Å²) in [6, 6.07) is 2.83. The second kappa shape index (κ2) is 4.89. The number of carboxylic acids is 1. The van der Waals surface area contributed by atoms with Crippen molar-refractivity contribution in [3.05, 3.63) is 22.8 Å². The molecule has 1 heterocycles. The van der Waals surface area contributed by atoms with Gasteiger partial charge in [0.15, 0.2) is 5.03 Å². The molecule has 0 radical (unpaired) electrons. The minimum absolute atomic E-state index is 0.181. The molecular weight excluding hydrogens is 300 g/mol. The molecule has 0 unspecified atom stereocenters. The van der Waals surface area contributed by atoms with E-state index < -0.39 is 22.5 Å². The summed E-state index contributed by atoms with van der Waals surface area (Å²) in [5.41, 5.74) is 0. The smallest absolute Gasteiger partial charge is 0.318 e. The van der Waals surface area contributed by atoms with Crippen LogP contribution in [0, 0.1) is 0 Å². The van der Waals surface area contributed by atoms with Gasteiger partial charge in [0.1, 0.15) is 6.54 Å². The van der Waals surface area contributed by atoms with Gasteiger partial charge in [-0.1, -0.05) is 0 Å². The lowest BCUT2D eigenvalue weighted by molar-refractivity contribution is -0.137. The highest BCUT2D eigenvalue weighted by atomic mass is 79.9. The molecule has 1 N–H and O–H groups in total. The van der Waals surface area contributed by atoms with Crippen LogP contribution < -0.4 is 0 Å². The van der Waals surface area contributed by atoms with Crippen LogP contribution in [0.15, 0.2) is 27.8 Å². The van der Waals surface area contributed by atoms with Crippen LogP contribution in [0.1, 0.15) is 0 Å². The summed E-state index contributed by atoms with van der Waals surface area (Å²) in [5.74, 6) is -1.22. The van der Waals surface area contributed by atoms with E-state index in [1.165, 1.54) is 25.4 Å². The summed E-state index contributed by atoms with van der Waals surface area (Å²) >= 11 is 3.12. The number of carboxylic acid groups (broad SMARTS) is 1. The third kappa shape index (κ3) is 3.00. The molecule has 6 nitrogen and oxygen atoms in total. The second-order valence-corrected chi connectivity index (χ2v) is 5.88. The van der Waals surface area contributed by atoms with E-state index >= 15 is 0 Å². The molecule has 16 heavy (non-hydrogen) atoms. The van der Waals surface area contributed by atoms with Crippen LogP contribution in [0.3, 0.4) is 0 Å². The molecule has 0 amide bonds. The van der Waals surface area contributed by atoms with Crippen molar-refractivity contribution < 1.29 is 18.3 Å².